The van der Waals surface area contributed by atoms with E-state index in [1.807, 2.05) is 52.0 Å². The van der Waals surface area contributed by atoms with Crippen LogP contribution in [0.3, 0.4) is 0 Å². The van der Waals surface area contributed by atoms with E-state index in [0.717, 1.165) is 29.7 Å². The predicted molar refractivity (Wildman–Crippen MR) is 158 cm³/mol. The molecule has 1 N–H and O–H groups in total. The van der Waals surface area contributed by atoms with Crippen molar-refractivity contribution in [3.8, 4) is 0 Å². The summed E-state index contributed by atoms with van der Waals surface area (Å²) in [6.45, 7) is 15.7. The minimum Gasteiger partial charge on any atom is -0.465 e. The molecule has 3 saturated heterocycles. The van der Waals surface area contributed by atoms with E-state index in [1.54, 1.807) is 15.9 Å². The lowest BCUT2D eigenvalue weighted by Crippen LogP contribution is -2.60. The Balaban J connectivity index is 1.76. The van der Waals surface area contributed by atoms with Crippen molar-refractivity contribution in [2.24, 2.45) is 17.8 Å². The summed E-state index contributed by atoms with van der Waals surface area (Å²) < 4.78 is 12.3. The molecule has 3 aliphatic rings. The number of unbranched alkanes of at least 4 members (excludes halogenated alkanes) is 2. The van der Waals surface area contributed by atoms with E-state index in [-0.39, 0.29) is 37.5 Å². The number of aliphatic hydroxyl groups excluding tert-OH is 1. The number of hydrogen-bond acceptors (Lipinski definition) is 6. The van der Waals surface area contributed by atoms with Crippen LogP contribution in [0.15, 0.2) is 43.5 Å². The van der Waals surface area contributed by atoms with Gasteiger partial charge in [-0.25, -0.2) is 0 Å². The maximum Gasteiger partial charge on any atom is 0.312 e. The zero-order valence-electron chi connectivity index (χ0n) is 25.0. The number of amides is 2. The Bertz CT molecular complexity index is 1170. The summed E-state index contributed by atoms with van der Waals surface area (Å²) >= 11 is 0. The first-order chi connectivity index (χ1) is 19.7. The number of anilines is 1. The average Bonchev–Trinajstić information content (AvgIpc) is 3.60. The van der Waals surface area contributed by atoms with Gasteiger partial charge in [-0.2, -0.15) is 0 Å². The number of carbonyl (C=O) groups excluding carboxylic acids is 3. The molecule has 8 heteroatoms. The quantitative estimate of drug-likeness (QED) is 0.202. The van der Waals surface area contributed by atoms with Gasteiger partial charge in [-0.1, -0.05) is 44.6 Å². The van der Waals surface area contributed by atoms with Crippen LogP contribution < -0.4 is 4.90 Å². The van der Waals surface area contributed by atoms with Gasteiger partial charge in [-0.3, -0.25) is 14.4 Å². The molecule has 4 rings (SSSR count). The van der Waals surface area contributed by atoms with Crippen LogP contribution in [0.1, 0.15) is 63.5 Å². The van der Waals surface area contributed by atoms with E-state index in [9.17, 15) is 19.5 Å². The lowest BCUT2D eigenvalue weighted by atomic mass is 9.70. The van der Waals surface area contributed by atoms with Crippen LogP contribution >= 0.6 is 0 Å². The molecule has 0 saturated carbocycles. The maximum absolute atomic E-state index is 14.8. The van der Waals surface area contributed by atoms with Crippen molar-refractivity contribution in [3.63, 3.8) is 0 Å². The molecule has 7 atom stereocenters. The summed E-state index contributed by atoms with van der Waals surface area (Å²) in [5, 5.41) is 10.6. The minimum atomic E-state index is -1.16. The van der Waals surface area contributed by atoms with Crippen molar-refractivity contribution in [1.29, 1.82) is 0 Å². The average molecular weight is 567 g/mol. The number of carbonyl (C=O) groups is 3. The van der Waals surface area contributed by atoms with Crippen LogP contribution in [0.5, 0.6) is 0 Å². The molecule has 0 aromatic heterocycles. The fourth-order valence-electron chi connectivity index (χ4n) is 7.06. The molecule has 41 heavy (non-hydrogen) atoms. The summed E-state index contributed by atoms with van der Waals surface area (Å²) in [4.78, 5) is 45.8. The van der Waals surface area contributed by atoms with Crippen LogP contribution in [-0.4, -0.2) is 71.3 Å². The Labute approximate surface area is 244 Å². The second-order valence-corrected chi connectivity index (χ2v) is 11.9. The topological polar surface area (TPSA) is 96.4 Å². The molecular weight excluding hydrogens is 520 g/mol. The molecule has 0 aliphatic carbocycles. The number of ether oxygens (including phenoxy) is 2. The van der Waals surface area contributed by atoms with Crippen molar-refractivity contribution < 1.29 is 29.0 Å². The van der Waals surface area contributed by atoms with E-state index in [4.69, 9.17) is 9.47 Å². The van der Waals surface area contributed by atoms with E-state index < -0.39 is 41.6 Å². The number of likely N-dealkylation sites (tertiary alicyclic amines) is 1. The fourth-order valence-corrected chi connectivity index (χ4v) is 7.06. The van der Waals surface area contributed by atoms with Gasteiger partial charge in [-0.15, -0.1) is 13.2 Å². The summed E-state index contributed by atoms with van der Waals surface area (Å²) in [5.74, 6) is -2.72. The third-order valence-corrected chi connectivity index (χ3v) is 9.37. The Morgan fingerprint density at radius 1 is 1.27 bits per heavy atom. The van der Waals surface area contributed by atoms with Gasteiger partial charge < -0.3 is 24.4 Å². The van der Waals surface area contributed by atoms with Crippen LogP contribution in [0, 0.1) is 31.6 Å². The Hall–Kier alpha value is -2.97. The molecule has 3 aliphatic heterocycles. The SMILES string of the molecule is C=CCCCCOC(=O)[C@@H]1[C@H]2C(=O)N([C@@H](CO)[C@@H](C)CC)C(C(=O)N(CC=C)c3cc(C)ccc3C)C23CC[C@H]1O3. The Morgan fingerprint density at radius 2 is 2.02 bits per heavy atom. The van der Waals surface area contributed by atoms with Gasteiger partial charge in [0.2, 0.25) is 5.91 Å². The third-order valence-electron chi connectivity index (χ3n) is 9.37. The molecule has 224 valence electrons. The fraction of sp³-hybridized carbons (Fsp3) is 0.606. The molecule has 1 aromatic carbocycles. The number of fused-ring (bicyclic) bond motifs is 1. The number of aryl methyl sites for hydroxylation is 2. The standard InChI is InChI=1S/C33H46N2O6/c1-7-10-11-12-18-40-32(39)27-26-15-16-33(41-26)28(27)30(37)35(25(20-36)22(5)9-3)29(33)31(38)34(17-8-2)24-19-21(4)13-14-23(24)6/h7-8,13-14,19,22,25-29,36H,1-2,9-12,15-18,20H2,3-6H3/t22-,25-,26+,27-,28-,29?,33?/m0/s1. The van der Waals surface area contributed by atoms with Crippen LogP contribution in [0.25, 0.3) is 0 Å². The zero-order valence-corrected chi connectivity index (χ0v) is 25.0. The predicted octanol–water partition coefficient (Wildman–Crippen LogP) is 4.50. The molecule has 1 spiro atoms. The minimum absolute atomic E-state index is 0.0736. The molecule has 3 fully saturated rings. The molecule has 8 nitrogen and oxygen atoms in total. The second kappa shape index (κ2) is 12.9. The zero-order chi connectivity index (χ0) is 29.9. The number of allylic oxidation sites excluding steroid dienone is 1. The monoisotopic (exact) mass is 566 g/mol. The van der Waals surface area contributed by atoms with Gasteiger partial charge in [0.25, 0.3) is 5.91 Å². The smallest absolute Gasteiger partial charge is 0.312 e. The maximum atomic E-state index is 14.8. The van der Waals surface area contributed by atoms with Crippen LogP contribution in [-0.2, 0) is 23.9 Å². The Kier molecular flexibility index (Phi) is 9.75. The summed E-state index contributed by atoms with van der Waals surface area (Å²) in [5.41, 5.74) is 1.51. The molecule has 2 amide bonds. The van der Waals surface area contributed by atoms with Crippen molar-refractivity contribution >= 4 is 23.5 Å². The molecule has 1 aromatic rings. The number of hydrogen-bond donors (Lipinski definition) is 1. The highest BCUT2D eigenvalue weighted by Crippen LogP contribution is 2.59. The van der Waals surface area contributed by atoms with Gasteiger partial charge in [-0.05, 0) is 69.1 Å². The Morgan fingerprint density at radius 3 is 2.68 bits per heavy atom. The van der Waals surface area contributed by atoms with E-state index in [1.165, 1.54) is 0 Å². The molecule has 2 bridgehead atoms. The van der Waals surface area contributed by atoms with Crippen molar-refractivity contribution in [3.05, 3.63) is 54.6 Å². The highest BCUT2D eigenvalue weighted by molar-refractivity contribution is 6.05. The lowest BCUT2D eigenvalue weighted by Gasteiger charge is -2.41. The van der Waals surface area contributed by atoms with E-state index in [0.29, 0.717) is 25.7 Å². The number of aliphatic hydroxyl groups is 1. The first-order valence-corrected chi connectivity index (χ1v) is 15.0. The second-order valence-electron chi connectivity index (χ2n) is 11.9. The summed E-state index contributed by atoms with van der Waals surface area (Å²) in [6.07, 6.45) is 7.20. The first-order valence-electron chi connectivity index (χ1n) is 15.0. The molecule has 0 radical (unpaired) electrons. The summed E-state index contributed by atoms with van der Waals surface area (Å²) in [7, 11) is 0. The van der Waals surface area contributed by atoms with Gasteiger partial charge in [0.15, 0.2) is 0 Å². The normalized spacial score (nSPS) is 27.8. The number of nitrogens with zero attached hydrogens (tertiary/aromatic N) is 2. The van der Waals surface area contributed by atoms with Crippen LogP contribution in [0.2, 0.25) is 0 Å². The van der Waals surface area contributed by atoms with Crippen molar-refractivity contribution in [2.45, 2.75) is 90.0 Å². The number of benzene rings is 1. The molecule has 2 unspecified atom stereocenters. The summed E-state index contributed by atoms with van der Waals surface area (Å²) in [6, 6.07) is 4.35. The van der Waals surface area contributed by atoms with Crippen molar-refractivity contribution in [1.82, 2.24) is 4.90 Å². The highest BCUT2D eigenvalue weighted by Gasteiger charge is 2.75. The number of esters is 1. The van der Waals surface area contributed by atoms with E-state index in [2.05, 4.69) is 13.2 Å². The van der Waals surface area contributed by atoms with Crippen molar-refractivity contribution in [2.75, 3.05) is 24.7 Å². The largest absolute Gasteiger partial charge is 0.465 e. The van der Waals surface area contributed by atoms with Gasteiger partial charge in [0, 0.05) is 12.2 Å². The van der Waals surface area contributed by atoms with E-state index >= 15 is 0 Å². The highest BCUT2D eigenvalue weighted by atomic mass is 16.6. The third kappa shape index (κ3) is 5.48. The lowest BCUT2D eigenvalue weighted by molar-refractivity contribution is -0.156. The number of rotatable bonds is 14. The molecular formula is C33H46N2O6. The first kappa shape index (κ1) is 31.0. The molecule has 3 heterocycles. The van der Waals surface area contributed by atoms with Crippen LogP contribution in [0.4, 0.5) is 5.69 Å². The van der Waals surface area contributed by atoms with Gasteiger partial charge in [0.05, 0.1) is 37.2 Å². The van der Waals surface area contributed by atoms with Gasteiger partial charge >= 0.3 is 5.97 Å². The van der Waals surface area contributed by atoms with Gasteiger partial charge in [0.1, 0.15) is 11.6 Å².